The zero-order valence-electron chi connectivity index (χ0n) is 10.8. The lowest BCUT2D eigenvalue weighted by molar-refractivity contribution is -0.122. The van der Waals surface area contributed by atoms with Gasteiger partial charge < -0.3 is 10.6 Å². The van der Waals surface area contributed by atoms with E-state index in [-0.39, 0.29) is 5.91 Å². The molecular formula is C14H19ClN2O. The van der Waals surface area contributed by atoms with E-state index < -0.39 is 5.54 Å². The third-order valence-electron chi connectivity index (χ3n) is 3.80. The Labute approximate surface area is 113 Å². The highest BCUT2D eigenvalue weighted by Crippen LogP contribution is 2.27. The molecule has 98 valence electrons. The molecule has 18 heavy (non-hydrogen) atoms. The quantitative estimate of drug-likeness (QED) is 0.883. The van der Waals surface area contributed by atoms with E-state index in [0.717, 1.165) is 37.1 Å². The Morgan fingerprint density at radius 3 is 2.94 bits per heavy atom. The van der Waals surface area contributed by atoms with E-state index in [2.05, 4.69) is 10.6 Å². The number of halogens is 1. The van der Waals surface area contributed by atoms with Crippen LogP contribution >= 0.6 is 11.6 Å². The van der Waals surface area contributed by atoms with Gasteiger partial charge in [-0.05, 0) is 50.4 Å². The Balaban J connectivity index is 2.18. The summed E-state index contributed by atoms with van der Waals surface area (Å²) in [5.74, 6) is 0.0490. The van der Waals surface area contributed by atoms with Crippen LogP contribution in [0, 0.1) is 6.92 Å². The molecule has 1 atom stereocenters. The topological polar surface area (TPSA) is 41.1 Å². The lowest BCUT2D eigenvalue weighted by atomic mass is 9.93. The summed E-state index contributed by atoms with van der Waals surface area (Å²) in [6, 6.07) is 5.57. The van der Waals surface area contributed by atoms with Crippen molar-refractivity contribution < 1.29 is 4.79 Å². The maximum atomic E-state index is 12.4. The highest BCUT2D eigenvalue weighted by Gasteiger charge is 2.39. The van der Waals surface area contributed by atoms with Crippen molar-refractivity contribution in [3.63, 3.8) is 0 Å². The molecule has 2 rings (SSSR count). The van der Waals surface area contributed by atoms with Crippen molar-refractivity contribution in [1.82, 2.24) is 5.32 Å². The molecule has 1 aliphatic rings. The Morgan fingerprint density at radius 1 is 1.56 bits per heavy atom. The number of rotatable bonds is 3. The molecule has 3 nitrogen and oxygen atoms in total. The summed E-state index contributed by atoms with van der Waals surface area (Å²) in [6.07, 6.45) is 2.75. The number of amides is 1. The van der Waals surface area contributed by atoms with Gasteiger partial charge >= 0.3 is 0 Å². The molecular weight excluding hydrogens is 248 g/mol. The van der Waals surface area contributed by atoms with Crippen molar-refractivity contribution in [3.05, 3.63) is 28.8 Å². The molecule has 0 aromatic heterocycles. The first-order chi connectivity index (χ1) is 8.59. The van der Waals surface area contributed by atoms with Crippen molar-refractivity contribution in [1.29, 1.82) is 0 Å². The fourth-order valence-electron chi connectivity index (χ4n) is 2.45. The third-order valence-corrected chi connectivity index (χ3v) is 4.21. The standard InChI is InChI=1S/C14H19ClN2O/c1-3-14(8-5-9-16-14)13(18)17-12-7-4-6-11(15)10(12)2/h4,6-7,16H,3,5,8-9H2,1-2H3,(H,17,18). The van der Waals surface area contributed by atoms with Gasteiger partial charge in [0.25, 0.3) is 0 Å². The second-order valence-corrected chi connectivity index (χ2v) is 5.24. The smallest absolute Gasteiger partial charge is 0.244 e. The first kappa shape index (κ1) is 13.4. The minimum atomic E-state index is -0.408. The fourth-order valence-corrected chi connectivity index (χ4v) is 2.62. The van der Waals surface area contributed by atoms with Crippen LogP contribution in [-0.2, 0) is 4.79 Å². The Bertz CT molecular complexity index is 453. The number of benzene rings is 1. The van der Waals surface area contributed by atoms with Crippen molar-refractivity contribution in [3.8, 4) is 0 Å². The summed E-state index contributed by atoms with van der Waals surface area (Å²) in [5, 5.41) is 7.01. The molecule has 1 unspecified atom stereocenters. The molecule has 1 saturated heterocycles. The van der Waals surface area contributed by atoms with Gasteiger partial charge in [-0.25, -0.2) is 0 Å². The predicted molar refractivity (Wildman–Crippen MR) is 75.1 cm³/mol. The van der Waals surface area contributed by atoms with Gasteiger partial charge in [-0.3, -0.25) is 4.79 Å². The van der Waals surface area contributed by atoms with E-state index in [1.54, 1.807) is 0 Å². The maximum absolute atomic E-state index is 12.4. The molecule has 1 aromatic rings. The Hall–Kier alpha value is -1.06. The Kier molecular flexibility index (Phi) is 3.93. The zero-order chi connectivity index (χ0) is 13.2. The molecule has 1 aromatic carbocycles. The van der Waals surface area contributed by atoms with E-state index in [9.17, 15) is 4.79 Å². The van der Waals surface area contributed by atoms with Crippen molar-refractivity contribution in [2.24, 2.45) is 0 Å². The second kappa shape index (κ2) is 5.29. The van der Waals surface area contributed by atoms with E-state index in [1.165, 1.54) is 0 Å². The summed E-state index contributed by atoms with van der Waals surface area (Å²) in [5.41, 5.74) is 1.31. The van der Waals surface area contributed by atoms with E-state index in [1.807, 2.05) is 32.0 Å². The number of hydrogen-bond donors (Lipinski definition) is 2. The van der Waals surface area contributed by atoms with Crippen LogP contribution < -0.4 is 10.6 Å². The van der Waals surface area contributed by atoms with Gasteiger partial charge in [-0.15, -0.1) is 0 Å². The molecule has 1 amide bonds. The molecule has 0 saturated carbocycles. The van der Waals surface area contributed by atoms with Crippen LogP contribution in [0.1, 0.15) is 31.7 Å². The largest absolute Gasteiger partial charge is 0.324 e. The summed E-state index contributed by atoms with van der Waals surface area (Å²) >= 11 is 6.06. The van der Waals surface area contributed by atoms with Crippen LogP contribution in [0.15, 0.2) is 18.2 Å². The SMILES string of the molecule is CCC1(C(=O)Nc2cccc(Cl)c2C)CCCN1. The minimum Gasteiger partial charge on any atom is -0.324 e. The summed E-state index contributed by atoms with van der Waals surface area (Å²) in [6.45, 7) is 4.87. The molecule has 1 aliphatic heterocycles. The van der Waals surface area contributed by atoms with Gasteiger partial charge in [-0.2, -0.15) is 0 Å². The van der Waals surface area contributed by atoms with Gasteiger partial charge in [0, 0.05) is 10.7 Å². The first-order valence-corrected chi connectivity index (χ1v) is 6.78. The number of nitrogens with one attached hydrogen (secondary N) is 2. The van der Waals surface area contributed by atoms with E-state index >= 15 is 0 Å². The molecule has 1 fully saturated rings. The van der Waals surface area contributed by atoms with Gasteiger partial charge in [0.1, 0.15) is 0 Å². The van der Waals surface area contributed by atoms with Crippen molar-refractivity contribution in [2.45, 2.75) is 38.6 Å². The van der Waals surface area contributed by atoms with Crippen LogP contribution in [0.25, 0.3) is 0 Å². The maximum Gasteiger partial charge on any atom is 0.244 e. The monoisotopic (exact) mass is 266 g/mol. The molecule has 2 N–H and O–H groups in total. The second-order valence-electron chi connectivity index (χ2n) is 4.83. The number of carbonyl (C=O) groups excluding carboxylic acids is 1. The molecule has 1 heterocycles. The zero-order valence-corrected chi connectivity index (χ0v) is 11.6. The molecule has 0 bridgehead atoms. The van der Waals surface area contributed by atoms with Crippen molar-refractivity contribution in [2.75, 3.05) is 11.9 Å². The van der Waals surface area contributed by atoms with Gasteiger partial charge in [0.15, 0.2) is 0 Å². The predicted octanol–water partition coefficient (Wildman–Crippen LogP) is 3.12. The molecule has 0 spiro atoms. The van der Waals surface area contributed by atoms with Gasteiger partial charge in [0.2, 0.25) is 5.91 Å². The lowest BCUT2D eigenvalue weighted by Crippen LogP contribution is -2.50. The number of hydrogen-bond acceptors (Lipinski definition) is 2. The third kappa shape index (κ3) is 2.38. The number of anilines is 1. The van der Waals surface area contributed by atoms with Crippen LogP contribution in [0.4, 0.5) is 5.69 Å². The van der Waals surface area contributed by atoms with Gasteiger partial charge in [-0.1, -0.05) is 24.6 Å². The fraction of sp³-hybridized carbons (Fsp3) is 0.500. The number of carbonyl (C=O) groups is 1. The first-order valence-electron chi connectivity index (χ1n) is 6.40. The van der Waals surface area contributed by atoms with E-state index in [0.29, 0.717) is 5.02 Å². The highest BCUT2D eigenvalue weighted by molar-refractivity contribution is 6.31. The average molecular weight is 267 g/mol. The van der Waals surface area contributed by atoms with Gasteiger partial charge in [0.05, 0.1) is 5.54 Å². The average Bonchev–Trinajstić information content (AvgIpc) is 2.85. The summed E-state index contributed by atoms with van der Waals surface area (Å²) in [7, 11) is 0. The van der Waals surface area contributed by atoms with Crippen LogP contribution in [0.3, 0.4) is 0 Å². The highest BCUT2D eigenvalue weighted by atomic mass is 35.5. The lowest BCUT2D eigenvalue weighted by Gasteiger charge is -2.27. The van der Waals surface area contributed by atoms with Crippen LogP contribution in [0.5, 0.6) is 0 Å². The van der Waals surface area contributed by atoms with E-state index in [4.69, 9.17) is 11.6 Å². The molecule has 4 heteroatoms. The normalized spacial score (nSPS) is 23.1. The Morgan fingerprint density at radius 2 is 2.33 bits per heavy atom. The summed E-state index contributed by atoms with van der Waals surface area (Å²) < 4.78 is 0. The summed E-state index contributed by atoms with van der Waals surface area (Å²) in [4.78, 5) is 12.4. The van der Waals surface area contributed by atoms with Crippen molar-refractivity contribution >= 4 is 23.2 Å². The van der Waals surface area contributed by atoms with Crippen LogP contribution in [-0.4, -0.2) is 18.0 Å². The van der Waals surface area contributed by atoms with Crippen LogP contribution in [0.2, 0.25) is 5.02 Å². The minimum absolute atomic E-state index is 0.0490. The molecule has 0 radical (unpaired) electrons. The molecule has 0 aliphatic carbocycles.